The molecule has 1 fully saturated rings. The summed E-state index contributed by atoms with van der Waals surface area (Å²) in [5.74, 6) is 2.67. The third kappa shape index (κ3) is 5.56. The minimum Gasteiger partial charge on any atom is -0.497 e. The smallest absolute Gasteiger partial charge is 0.265 e. The van der Waals surface area contributed by atoms with E-state index in [0.717, 1.165) is 86.1 Å². The van der Waals surface area contributed by atoms with E-state index in [2.05, 4.69) is 46.2 Å². The van der Waals surface area contributed by atoms with Gasteiger partial charge in [-0.05, 0) is 74.4 Å². The Bertz CT molecular complexity index is 1660. The lowest BCUT2D eigenvalue weighted by molar-refractivity contribution is 0.252. The van der Waals surface area contributed by atoms with Crippen LogP contribution < -0.4 is 10.5 Å². The van der Waals surface area contributed by atoms with Crippen LogP contribution in [0.2, 0.25) is 0 Å². The molecule has 0 amide bonds. The molecule has 4 aromatic rings. The summed E-state index contributed by atoms with van der Waals surface area (Å²) >= 11 is 0. The van der Waals surface area contributed by atoms with Gasteiger partial charge in [-0.15, -0.1) is 0 Å². The number of fused-ring (bicyclic) bond motifs is 2. The van der Waals surface area contributed by atoms with E-state index in [1.165, 1.54) is 5.39 Å². The van der Waals surface area contributed by atoms with Gasteiger partial charge in [0.1, 0.15) is 17.4 Å². The first-order valence-corrected chi connectivity index (χ1v) is 14.2. The van der Waals surface area contributed by atoms with Gasteiger partial charge in [-0.3, -0.25) is 14.3 Å². The monoisotopic (exact) mass is 533 g/mol. The van der Waals surface area contributed by atoms with Gasteiger partial charge in [-0.2, -0.15) is 0 Å². The first-order valence-electron chi connectivity index (χ1n) is 14.2. The molecule has 0 unspecified atom stereocenters. The van der Waals surface area contributed by atoms with Crippen molar-refractivity contribution in [1.29, 1.82) is 0 Å². The maximum absolute atomic E-state index is 13.6. The fourth-order valence-electron chi connectivity index (χ4n) is 5.58. The average molecular weight is 534 g/mol. The van der Waals surface area contributed by atoms with Crippen LogP contribution in [0.3, 0.4) is 0 Å². The summed E-state index contributed by atoms with van der Waals surface area (Å²) in [5, 5.41) is 1.82. The molecule has 0 saturated carbocycles. The lowest BCUT2D eigenvalue weighted by atomic mass is 10.1. The van der Waals surface area contributed by atoms with Gasteiger partial charge in [0.15, 0.2) is 0 Å². The minimum atomic E-state index is -0.0178. The Balaban J connectivity index is 1.09. The summed E-state index contributed by atoms with van der Waals surface area (Å²) in [6.45, 7) is 5.06. The van der Waals surface area contributed by atoms with E-state index >= 15 is 0 Å². The first-order chi connectivity index (χ1) is 19.7. The van der Waals surface area contributed by atoms with Gasteiger partial charge >= 0.3 is 0 Å². The zero-order valence-corrected chi connectivity index (χ0v) is 23.0. The first kappa shape index (κ1) is 26.0. The van der Waals surface area contributed by atoms with Crippen LogP contribution in [-0.2, 0) is 11.2 Å². The Morgan fingerprint density at radius 1 is 0.825 bits per heavy atom. The molecule has 0 atom stereocenters. The number of rotatable bonds is 8. The molecule has 3 heterocycles. The van der Waals surface area contributed by atoms with Gasteiger partial charge in [-0.25, -0.2) is 9.97 Å². The Hall–Kier alpha value is -4.23. The van der Waals surface area contributed by atoms with Crippen LogP contribution in [0.4, 0.5) is 5.82 Å². The van der Waals surface area contributed by atoms with E-state index in [9.17, 15) is 4.79 Å². The molecular weight excluding hydrogens is 498 g/mol. The van der Waals surface area contributed by atoms with Gasteiger partial charge in [-0.1, -0.05) is 36.4 Å². The van der Waals surface area contributed by atoms with Crippen molar-refractivity contribution in [2.24, 2.45) is 0 Å². The van der Waals surface area contributed by atoms with Crippen molar-refractivity contribution in [2.45, 2.75) is 25.7 Å². The summed E-state index contributed by atoms with van der Waals surface area (Å²) in [6, 6.07) is 20.2. The molecule has 2 aromatic carbocycles. The van der Waals surface area contributed by atoms with Crippen molar-refractivity contribution in [3.05, 3.63) is 107 Å². The summed E-state index contributed by atoms with van der Waals surface area (Å²) < 4.78 is 7.19. The number of pyridine rings is 1. The number of unbranched alkanes of at least 4 members (excludes halogenated alkanes) is 1. The molecule has 7 nitrogen and oxygen atoms in total. The number of aryl methyl sites for hydroxylation is 1. The molecule has 40 heavy (non-hydrogen) atoms. The van der Waals surface area contributed by atoms with Crippen molar-refractivity contribution in [3.8, 4) is 0 Å². The number of hydrogen-bond donors (Lipinski definition) is 0. The highest BCUT2D eigenvalue weighted by molar-refractivity contribution is 5.80. The second-order valence-electron chi connectivity index (χ2n) is 10.3. The number of para-hydroxylation sites is 2. The molecule has 1 aliphatic heterocycles. The second kappa shape index (κ2) is 11.9. The molecule has 2 aliphatic rings. The van der Waals surface area contributed by atoms with E-state index in [1.807, 2.05) is 48.6 Å². The zero-order valence-electron chi connectivity index (χ0n) is 23.0. The van der Waals surface area contributed by atoms with Crippen LogP contribution in [0.5, 0.6) is 0 Å². The van der Waals surface area contributed by atoms with E-state index < -0.39 is 0 Å². The highest BCUT2D eigenvalue weighted by Crippen LogP contribution is 2.21. The summed E-state index contributed by atoms with van der Waals surface area (Å²) in [5.41, 5.74) is 2.63. The number of hydrogen-bond acceptors (Lipinski definition) is 6. The highest BCUT2D eigenvalue weighted by Gasteiger charge is 2.19. The number of ether oxygens (including phenoxy) is 1. The highest BCUT2D eigenvalue weighted by atomic mass is 16.5. The van der Waals surface area contributed by atoms with Gasteiger partial charge in [0.25, 0.3) is 5.56 Å². The molecule has 6 rings (SSSR count). The number of anilines is 1. The summed E-state index contributed by atoms with van der Waals surface area (Å²) in [6.07, 6.45) is 11.4. The van der Waals surface area contributed by atoms with Crippen LogP contribution in [-0.4, -0.2) is 59.3 Å². The number of methoxy groups -OCH3 is 1. The van der Waals surface area contributed by atoms with E-state index in [1.54, 1.807) is 11.7 Å². The maximum Gasteiger partial charge on any atom is 0.265 e. The molecule has 7 heteroatoms. The molecule has 0 radical (unpaired) electrons. The lowest BCUT2D eigenvalue weighted by Gasteiger charge is -2.35. The number of aromatic nitrogens is 3. The van der Waals surface area contributed by atoms with Crippen LogP contribution in [0.1, 0.15) is 25.1 Å². The van der Waals surface area contributed by atoms with Crippen molar-refractivity contribution in [1.82, 2.24) is 19.4 Å². The Kier molecular flexibility index (Phi) is 7.73. The van der Waals surface area contributed by atoms with E-state index in [4.69, 9.17) is 14.7 Å². The van der Waals surface area contributed by atoms with Crippen LogP contribution >= 0.6 is 0 Å². The fraction of sp³-hybridized carbons (Fsp3) is 0.303. The van der Waals surface area contributed by atoms with Crippen molar-refractivity contribution >= 4 is 33.3 Å². The number of piperazine rings is 1. The second-order valence-corrected chi connectivity index (χ2v) is 10.3. The molecule has 1 saturated heterocycles. The van der Waals surface area contributed by atoms with Gasteiger partial charge < -0.3 is 9.64 Å². The molecule has 0 spiro atoms. The fourth-order valence-corrected chi connectivity index (χ4v) is 5.58. The van der Waals surface area contributed by atoms with Crippen molar-refractivity contribution < 1.29 is 4.74 Å². The van der Waals surface area contributed by atoms with Crippen molar-refractivity contribution in [3.63, 3.8) is 0 Å². The molecule has 0 bridgehead atoms. The minimum absolute atomic E-state index is 0.0178. The third-order valence-corrected chi connectivity index (χ3v) is 7.81. The Morgan fingerprint density at radius 2 is 1.62 bits per heavy atom. The van der Waals surface area contributed by atoms with Crippen molar-refractivity contribution in [2.75, 3.05) is 44.7 Å². The summed E-state index contributed by atoms with van der Waals surface area (Å²) in [7, 11) is 1.66. The predicted molar refractivity (Wildman–Crippen MR) is 162 cm³/mol. The Labute approximate surface area is 234 Å². The van der Waals surface area contributed by atoms with E-state index in [-0.39, 0.29) is 5.56 Å². The van der Waals surface area contributed by atoms with Crippen LogP contribution in [0.25, 0.3) is 27.5 Å². The van der Waals surface area contributed by atoms with E-state index in [0.29, 0.717) is 11.8 Å². The average Bonchev–Trinajstić information content (AvgIpc) is 3.25. The van der Waals surface area contributed by atoms with Gasteiger partial charge in [0.2, 0.25) is 0 Å². The lowest BCUT2D eigenvalue weighted by Crippen LogP contribution is -2.46. The quantitative estimate of drug-likeness (QED) is 0.282. The third-order valence-electron chi connectivity index (χ3n) is 7.81. The number of nitrogens with zero attached hydrogens (tertiary/aromatic N) is 5. The molecule has 0 N–H and O–H groups in total. The Morgan fingerprint density at radius 3 is 2.48 bits per heavy atom. The van der Waals surface area contributed by atoms with Crippen LogP contribution in [0.15, 0.2) is 95.5 Å². The SMILES string of the molecule is COC1=CCC=C(n2c(CCCCN3CCN(c4ccc5ccccc5n4)CC3)nc3ccccc3c2=O)C=C1. The normalized spacial score (nSPS) is 16.2. The van der Waals surface area contributed by atoms with Crippen LogP contribution in [0, 0.1) is 0 Å². The van der Waals surface area contributed by atoms with Gasteiger partial charge in [0, 0.05) is 43.7 Å². The molecular formula is C33H35N5O2. The molecule has 1 aliphatic carbocycles. The largest absolute Gasteiger partial charge is 0.497 e. The zero-order chi connectivity index (χ0) is 27.3. The van der Waals surface area contributed by atoms with Gasteiger partial charge in [0.05, 0.1) is 23.5 Å². The molecule has 204 valence electrons. The predicted octanol–water partition coefficient (Wildman–Crippen LogP) is 5.42. The number of allylic oxidation sites excluding steroid dienone is 5. The molecule has 2 aromatic heterocycles. The standard InChI is InChI=1S/C33H35N5O2/c1-40-27-11-8-10-26(17-18-27)38-32(35-30-14-5-3-12-28(30)33(38)39)15-6-7-20-36-21-23-37(24-22-36)31-19-16-25-9-2-4-13-29(25)34-31/h2-5,9-14,16-19H,6-8,15,20-24H2,1H3. The maximum atomic E-state index is 13.6. The topological polar surface area (TPSA) is 63.5 Å². The summed E-state index contributed by atoms with van der Waals surface area (Å²) in [4.78, 5) is 28.3. The number of benzene rings is 2.